The van der Waals surface area contributed by atoms with E-state index in [1.165, 1.54) is 18.5 Å². The number of carbonyl (C=O) groups is 1. The van der Waals surface area contributed by atoms with Gasteiger partial charge in [-0.15, -0.1) is 4.36 Å². The van der Waals surface area contributed by atoms with Crippen LogP contribution in [0, 0.1) is 0 Å². The van der Waals surface area contributed by atoms with Gasteiger partial charge in [-0.25, -0.2) is 14.0 Å². The van der Waals surface area contributed by atoms with Crippen molar-refractivity contribution in [1.82, 2.24) is 4.98 Å². The van der Waals surface area contributed by atoms with Crippen molar-refractivity contribution < 1.29 is 14.1 Å². The Bertz CT molecular complexity index is 480. The van der Waals surface area contributed by atoms with Crippen LogP contribution >= 0.6 is 15.9 Å². The summed E-state index contributed by atoms with van der Waals surface area (Å²) in [7, 11) is -2.95. The molecule has 14 heavy (non-hydrogen) atoms. The number of aromatic nitrogens is 1. The summed E-state index contributed by atoms with van der Waals surface area (Å²) < 4.78 is 15.5. The predicted octanol–water partition coefficient (Wildman–Crippen LogP) is 1.98. The van der Waals surface area contributed by atoms with Crippen LogP contribution in [0.25, 0.3) is 0 Å². The Morgan fingerprint density at radius 3 is 2.86 bits per heavy atom. The van der Waals surface area contributed by atoms with Crippen LogP contribution in [0.5, 0.6) is 0 Å². The molecule has 0 fully saturated rings. The summed E-state index contributed by atoms with van der Waals surface area (Å²) in [6.07, 6.45) is 1.20. The van der Waals surface area contributed by atoms with Crippen molar-refractivity contribution in [2.45, 2.75) is 5.03 Å². The highest BCUT2D eigenvalue weighted by Crippen LogP contribution is 2.14. The zero-order valence-corrected chi connectivity index (χ0v) is 9.58. The summed E-state index contributed by atoms with van der Waals surface area (Å²) in [6, 6.07) is 3.13. The Balaban J connectivity index is 3.30. The first-order chi connectivity index (χ1) is 6.42. The Hall–Kier alpha value is -0.950. The molecule has 0 bridgehead atoms. The molecule has 7 heteroatoms. The zero-order valence-electron chi connectivity index (χ0n) is 7.18. The largest absolute Gasteiger partial charge is 0.463 e. The standard InChI is InChI=1S/C7H7BrN2O3S/c1-14(13,10-7(11)12)6-4-5(8)2-3-9-6/h2-4H,1H3,(H,11,12). The molecular formula is C7H7BrN2O3S. The van der Waals surface area contributed by atoms with Gasteiger partial charge in [0.1, 0.15) is 14.8 Å². The van der Waals surface area contributed by atoms with E-state index in [4.69, 9.17) is 5.11 Å². The first-order valence-corrected chi connectivity index (χ1v) is 6.20. The highest BCUT2D eigenvalue weighted by Gasteiger charge is 2.09. The number of rotatable bonds is 1. The van der Waals surface area contributed by atoms with E-state index in [-0.39, 0.29) is 5.03 Å². The number of hydrogen-bond acceptors (Lipinski definition) is 3. The normalized spacial score (nSPS) is 14.4. The molecule has 1 amide bonds. The van der Waals surface area contributed by atoms with Crippen molar-refractivity contribution in [1.29, 1.82) is 0 Å². The molecule has 0 aliphatic rings. The first kappa shape index (κ1) is 11.1. The summed E-state index contributed by atoms with van der Waals surface area (Å²) >= 11 is 3.17. The van der Waals surface area contributed by atoms with E-state index in [1.54, 1.807) is 6.07 Å². The van der Waals surface area contributed by atoms with E-state index >= 15 is 0 Å². The average Bonchev–Trinajstić information content (AvgIpc) is 2.01. The molecule has 1 N–H and O–H groups in total. The fourth-order valence-electron chi connectivity index (χ4n) is 0.788. The summed E-state index contributed by atoms with van der Waals surface area (Å²) in [6.45, 7) is 0. The molecule has 0 aliphatic heterocycles. The van der Waals surface area contributed by atoms with Gasteiger partial charge >= 0.3 is 6.09 Å². The number of pyridine rings is 1. The molecule has 76 valence electrons. The third-order valence-corrected chi connectivity index (χ3v) is 3.33. The Morgan fingerprint density at radius 2 is 2.36 bits per heavy atom. The molecule has 0 aliphatic carbocycles. The van der Waals surface area contributed by atoms with Crippen LogP contribution < -0.4 is 0 Å². The van der Waals surface area contributed by atoms with E-state index in [1.807, 2.05) is 0 Å². The number of carboxylic acid groups (broad SMARTS) is 1. The van der Waals surface area contributed by atoms with Crippen molar-refractivity contribution in [2.24, 2.45) is 4.36 Å². The molecule has 0 spiro atoms. The van der Waals surface area contributed by atoms with Crippen molar-refractivity contribution in [3.05, 3.63) is 22.8 Å². The van der Waals surface area contributed by atoms with Crippen LogP contribution in [0.2, 0.25) is 0 Å². The Labute approximate surface area is 89.5 Å². The molecule has 1 rings (SSSR count). The van der Waals surface area contributed by atoms with E-state index in [0.29, 0.717) is 4.47 Å². The molecule has 5 nitrogen and oxygen atoms in total. The van der Waals surface area contributed by atoms with Gasteiger partial charge in [0, 0.05) is 16.9 Å². The summed E-state index contributed by atoms with van der Waals surface area (Å²) in [4.78, 5) is 14.1. The van der Waals surface area contributed by atoms with Gasteiger partial charge in [-0.1, -0.05) is 15.9 Å². The molecule has 1 aromatic rings. The summed E-state index contributed by atoms with van der Waals surface area (Å²) in [5.41, 5.74) is 0. The van der Waals surface area contributed by atoms with Crippen molar-refractivity contribution >= 4 is 31.8 Å². The van der Waals surface area contributed by atoms with Gasteiger partial charge in [0.2, 0.25) is 0 Å². The van der Waals surface area contributed by atoms with Gasteiger partial charge in [0.05, 0.1) is 0 Å². The molecule has 1 heterocycles. The third-order valence-electron chi connectivity index (χ3n) is 1.34. The maximum absolute atomic E-state index is 11.7. The van der Waals surface area contributed by atoms with E-state index < -0.39 is 15.8 Å². The SMILES string of the molecule is CS(=O)(=NC(=O)O)c1cc(Br)ccn1. The smallest absolute Gasteiger partial charge is 0.439 e. The van der Waals surface area contributed by atoms with Crippen molar-refractivity contribution in [3.8, 4) is 0 Å². The molecule has 1 unspecified atom stereocenters. The summed E-state index contributed by atoms with van der Waals surface area (Å²) in [5, 5.41) is 8.54. The zero-order chi connectivity index (χ0) is 10.8. The van der Waals surface area contributed by atoms with Crippen molar-refractivity contribution in [3.63, 3.8) is 0 Å². The number of hydrogen-bond donors (Lipinski definition) is 1. The van der Waals surface area contributed by atoms with Crippen LogP contribution in [-0.2, 0) is 9.73 Å². The van der Waals surface area contributed by atoms with Gasteiger partial charge in [-0.05, 0) is 12.1 Å². The second-order valence-corrected chi connectivity index (χ2v) is 5.61. The lowest BCUT2D eigenvalue weighted by molar-refractivity contribution is 0.206. The Morgan fingerprint density at radius 1 is 1.71 bits per heavy atom. The highest BCUT2D eigenvalue weighted by atomic mass is 79.9. The molecule has 0 radical (unpaired) electrons. The summed E-state index contributed by atoms with van der Waals surface area (Å²) in [5.74, 6) is 0. The van der Waals surface area contributed by atoms with Gasteiger partial charge in [-0.2, -0.15) is 0 Å². The van der Waals surface area contributed by atoms with Crippen molar-refractivity contribution in [2.75, 3.05) is 6.26 Å². The van der Waals surface area contributed by atoms with Gasteiger partial charge in [-0.3, -0.25) is 0 Å². The Kier molecular flexibility index (Phi) is 3.22. The molecule has 0 saturated carbocycles. The minimum Gasteiger partial charge on any atom is -0.463 e. The van der Waals surface area contributed by atoms with Crippen LogP contribution in [-0.4, -0.2) is 26.6 Å². The molecular weight excluding hydrogens is 272 g/mol. The number of amides is 1. The minimum absolute atomic E-state index is 0.147. The predicted molar refractivity (Wildman–Crippen MR) is 54.7 cm³/mol. The molecule has 1 atom stereocenters. The number of halogens is 1. The van der Waals surface area contributed by atoms with Gasteiger partial charge < -0.3 is 5.11 Å². The first-order valence-electron chi connectivity index (χ1n) is 3.48. The fourth-order valence-corrected chi connectivity index (χ4v) is 2.27. The monoisotopic (exact) mass is 278 g/mol. The third kappa shape index (κ3) is 2.78. The second kappa shape index (κ2) is 4.05. The maximum atomic E-state index is 11.7. The lowest BCUT2D eigenvalue weighted by atomic mass is 10.5. The van der Waals surface area contributed by atoms with E-state index in [9.17, 15) is 9.00 Å². The lowest BCUT2D eigenvalue weighted by Crippen LogP contribution is -2.03. The highest BCUT2D eigenvalue weighted by molar-refractivity contribution is 9.10. The van der Waals surface area contributed by atoms with Crippen LogP contribution in [0.4, 0.5) is 4.79 Å². The van der Waals surface area contributed by atoms with Crippen LogP contribution in [0.3, 0.4) is 0 Å². The molecule has 0 saturated heterocycles. The van der Waals surface area contributed by atoms with Crippen LogP contribution in [0.15, 0.2) is 32.2 Å². The maximum Gasteiger partial charge on any atom is 0.439 e. The van der Waals surface area contributed by atoms with Gasteiger partial charge in [0.15, 0.2) is 0 Å². The van der Waals surface area contributed by atoms with Gasteiger partial charge in [0.25, 0.3) is 0 Å². The fraction of sp³-hybridized carbons (Fsp3) is 0.143. The molecule has 1 aromatic heterocycles. The lowest BCUT2D eigenvalue weighted by Gasteiger charge is -2.01. The second-order valence-electron chi connectivity index (χ2n) is 2.49. The van der Waals surface area contributed by atoms with E-state index in [2.05, 4.69) is 25.3 Å². The minimum atomic E-state index is -2.95. The number of nitrogens with zero attached hydrogens (tertiary/aromatic N) is 2. The molecule has 0 aromatic carbocycles. The van der Waals surface area contributed by atoms with Crippen LogP contribution in [0.1, 0.15) is 0 Å². The average molecular weight is 279 g/mol. The van der Waals surface area contributed by atoms with E-state index in [0.717, 1.165) is 0 Å². The quantitative estimate of drug-likeness (QED) is 0.852. The topological polar surface area (TPSA) is 79.6 Å².